The van der Waals surface area contributed by atoms with Crippen molar-refractivity contribution >= 4 is 11.8 Å². The quantitative estimate of drug-likeness (QED) is 0.355. The first-order valence-corrected chi connectivity index (χ1v) is 12.1. The molecule has 0 bridgehead atoms. The number of hydrogen-bond donors (Lipinski definition) is 0. The third-order valence-electron chi connectivity index (χ3n) is 5.70. The lowest BCUT2D eigenvalue weighted by atomic mass is 10.1. The number of halogens is 1. The van der Waals surface area contributed by atoms with Gasteiger partial charge in [0.2, 0.25) is 11.7 Å². The molecule has 0 saturated carbocycles. The third-order valence-corrected chi connectivity index (χ3v) is 6.62. The molecule has 0 unspecified atom stereocenters. The number of thioether (sulfide) groups is 1. The molecule has 3 heterocycles. The minimum atomic E-state index is -0.270. The normalized spacial score (nSPS) is 14.6. The van der Waals surface area contributed by atoms with Crippen LogP contribution in [-0.2, 0) is 12.3 Å². The molecule has 170 valence electrons. The van der Waals surface area contributed by atoms with Gasteiger partial charge in [0.1, 0.15) is 5.82 Å². The van der Waals surface area contributed by atoms with Crippen LogP contribution in [-0.4, -0.2) is 42.9 Å². The molecule has 0 N–H and O–H groups in total. The number of piperidine rings is 1. The number of likely N-dealkylation sites (tertiary alicyclic amines) is 1. The zero-order valence-corrected chi connectivity index (χ0v) is 19.3. The second-order valence-corrected chi connectivity index (χ2v) is 9.16. The van der Waals surface area contributed by atoms with Crippen molar-refractivity contribution in [1.82, 2.24) is 29.8 Å². The molecule has 4 aromatic rings. The number of nitrogens with zero attached hydrogens (tertiary/aromatic N) is 6. The van der Waals surface area contributed by atoms with Crippen molar-refractivity contribution in [1.29, 1.82) is 0 Å². The van der Waals surface area contributed by atoms with Gasteiger partial charge in [-0.3, -0.25) is 9.47 Å². The van der Waals surface area contributed by atoms with Crippen LogP contribution >= 0.6 is 11.8 Å². The van der Waals surface area contributed by atoms with Crippen LogP contribution in [0.1, 0.15) is 36.5 Å². The lowest BCUT2D eigenvalue weighted by Crippen LogP contribution is -2.30. The number of rotatable bonds is 7. The molecular weight excluding hydrogens is 439 g/mol. The Morgan fingerprint density at radius 2 is 1.73 bits per heavy atom. The summed E-state index contributed by atoms with van der Waals surface area (Å²) >= 11 is 1.47. The third kappa shape index (κ3) is 5.15. The van der Waals surface area contributed by atoms with E-state index in [9.17, 15) is 4.39 Å². The van der Waals surface area contributed by atoms with E-state index in [1.54, 1.807) is 12.1 Å². The van der Waals surface area contributed by atoms with E-state index in [1.165, 1.54) is 48.7 Å². The maximum atomic E-state index is 13.6. The molecule has 0 spiro atoms. The molecule has 9 heteroatoms. The van der Waals surface area contributed by atoms with Crippen LogP contribution in [0.4, 0.5) is 4.39 Å². The van der Waals surface area contributed by atoms with Gasteiger partial charge >= 0.3 is 0 Å². The number of hydrogen-bond acceptors (Lipinski definition) is 7. The molecule has 0 radical (unpaired) electrons. The standard InChI is InChI=1S/C24H25FN6OS/c1-17-5-7-18(8-6-17)23-26-22(32-29-23)16-33-24-28-27-21(15-30-13-3-2-4-14-30)31(24)20-11-9-19(25)10-12-20/h5-12H,2-4,13-16H2,1H3. The molecule has 7 nitrogen and oxygen atoms in total. The molecule has 1 fully saturated rings. The summed E-state index contributed by atoms with van der Waals surface area (Å²) in [7, 11) is 0. The van der Waals surface area contributed by atoms with E-state index in [0.29, 0.717) is 29.2 Å². The summed E-state index contributed by atoms with van der Waals surface area (Å²) in [4.78, 5) is 6.92. The molecular formula is C24H25FN6OS. The van der Waals surface area contributed by atoms with Gasteiger partial charge in [-0.25, -0.2) is 4.39 Å². The lowest BCUT2D eigenvalue weighted by Gasteiger charge is -2.26. The van der Waals surface area contributed by atoms with Crippen molar-refractivity contribution < 1.29 is 8.91 Å². The fourth-order valence-electron chi connectivity index (χ4n) is 3.92. The van der Waals surface area contributed by atoms with Crippen LogP contribution in [0, 0.1) is 12.7 Å². The first-order valence-electron chi connectivity index (χ1n) is 11.1. The zero-order valence-electron chi connectivity index (χ0n) is 18.4. The summed E-state index contributed by atoms with van der Waals surface area (Å²) in [5.74, 6) is 2.12. The maximum absolute atomic E-state index is 13.6. The highest BCUT2D eigenvalue weighted by atomic mass is 32.2. The van der Waals surface area contributed by atoms with E-state index >= 15 is 0 Å². The van der Waals surface area contributed by atoms with E-state index in [1.807, 2.05) is 35.8 Å². The second-order valence-electron chi connectivity index (χ2n) is 8.21. The average Bonchev–Trinajstić information content (AvgIpc) is 3.47. The van der Waals surface area contributed by atoms with Crippen molar-refractivity contribution in [2.75, 3.05) is 13.1 Å². The summed E-state index contributed by atoms with van der Waals surface area (Å²) in [5, 5.41) is 13.7. The van der Waals surface area contributed by atoms with Gasteiger partial charge < -0.3 is 4.52 Å². The smallest absolute Gasteiger partial charge is 0.237 e. The van der Waals surface area contributed by atoms with Crippen molar-refractivity contribution in [3.05, 3.63) is 71.6 Å². The largest absolute Gasteiger partial charge is 0.338 e. The van der Waals surface area contributed by atoms with Gasteiger partial charge in [0.15, 0.2) is 11.0 Å². The second kappa shape index (κ2) is 9.84. The Kier molecular flexibility index (Phi) is 6.50. The Bertz CT molecular complexity index is 1200. The first kappa shape index (κ1) is 21.8. The van der Waals surface area contributed by atoms with Crippen molar-refractivity contribution in [2.24, 2.45) is 0 Å². The van der Waals surface area contributed by atoms with E-state index in [4.69, 9.17) is 4.52 Å². The molecule has 5 rings (SSSR count). The molecule has 2 aromatic carbocycles. The van der Waals surface area contributed by atoms with E-state index < -0.39 is 0 Å². The molecule has 2 aromatic heterocycles. The highest BCUT2D eigenvalue weighted by Crippen LogP contribution is 2.27. The number of benzene rings is 2. The molecule has 0 amide bonds. The van der Waals surface area contributed by atoms with Gasteiger partial charge in [0.25, 0.3) is 0 Å². The van der Waals surface area contributed by atoms with Crippen LogP contribution < -0.4 is 0 Å². The number of aryl methyl sites for hydroxylation is 1. The van der Waals surface area contributed by atoms with Gasteiger partial charge in [-0.15, -0.1) is 10.2 Å². The topological polar surface area (TPSA) is 72.9 Å². The predicted octanol–water partition coefficient (Wildman–Crippen LogP) is 5.04. The Balaban J connectivity index is 1.36. The summed E-state index contributed by atoms with van der Waals surface area (Å²) in [6.07, 6.45) is 3.68. The van der Waals surface area contributed by atoms with Crippen LogP contribution in [0.15, 0.2) is 58.2 Å². The van der Waals surface area contributed by atoms with Crippen LogP contribution in [0.5, 0.6) is 0 Å². The maximum Gasteiger partial charge on any atom is 0.237 e. The number of aromatic nitrogens is 5. The fourth-order valence-corrected chi connectivity index (χ4v) is 4.73. The summed E-state index contributed by atoms with van der Waals surface area (Å²) in [6.45, 7) is 4.87. The van der Waals surface area contributed by atoms with Crippen LogP contribution in [0.2, 0.25) is 0 Å². The molecule has 1 aliphatic rings. The summed E-state index contributed by atoms with van der Waals surface area (Å²) in [6, 6.07) is 14.4. The Hall–Kier alpha value is -3.04. The van der Waals surface area contributed by atoms with Gasteiger partial charge in [0, 0.05) is 11.3 Å². The molecule has 1 saturated heterocycles. The SMILES string of the molecule is Cc1ccc(-c2noc(CSc3nnc(CN4CCCCC4)n3-c3ccc(F)cc3)n2)cc1. The highest BCUT2D eigenvalue weighted by Gasteiger charge is 2.20. The first-order chi connectivity index (χ1) is 16.2. The van der Waals surface area contributed by atoms with Gasteiger partial charge in [-0.05, 0) is 57.1 Å². The Labute approximate surface area is 196 Å². The van der Waals surface area contributed by atoms with Crippen LogP contribution in [0.3, 0.4) is 0 Å². The molecule has 0 aliphatic carbocycles. The van der Waals surface area contributed by atoms with Crippen LogP contribution in [0.25, 0.3) is 17.1 Å². The fraction of sp³-hybridized carbons (Fsp3) is 0.333. The molecule has 0 atom stereocenters. The predicted molar refractivity (Wildman–Crippen MR) is 124 cm³/mol. The minimum absolute atomic E-state index is 0.270. The van der Waals surface area contributed by atoms with Gasteiger partial charge in [0.05, 0.1) is 12.3 Å². The Morgan fingerprint density at radius 3 is 2.48 bits per heavy atom. The van der Waals surface area contributed by atoms with E-state index in [2.05, 4.69) is 25.2 Å². The molecule has 1 aliphatic heterocycles. The van der Waals surface area contributed by atoms with Gasteiger partial charge in [-0.2, -0.15) is 4.98 Å². The van der Waals surface area contributed by atoms with Crippen molar-refractivity contribution in [3.8, 4) is 17.1 Å². The van der Waals surface area contributed by atoms with E-state index in [0.717, 1.165) is 30.2 Å². The van der Waals surface area contributed by atoms with Crippen molar-refractivity contribution in [3.63, 3.8) is 0 Å². The highest BCUT2D eigenvalue weighted by molar-refractivity contribution is 7.98. The zero-order chi connectivity index (χ0) is 22.6. The monoisotopic (exact) mass is 464 g/mol. The van der Waals surface area contributed by atoms with E-state index in [-0.39, 0.29) is 5.82 Å². The summed E-state index contributed by atoms with van der Waals surface area (Å²) < 4.78 is 21.0. The average molecular weight is 465 g/mol. The van der Waals surface area contributed by atoms with Gasteiger partial charge in [-0.1, -0.05) is 53.2 Å². The minimum Gasteiger partial charge on any atom is -0.338 e. The summed E-state index contributed by atoms with van der Waals surface area (Å²) in [5.41, 5.74) is 2.93. The molecule has 33 heavy (non-hydrogen) atoms. The van der Waals surface area contributed by atoms with Crippen molar-refractivity contribution in [2.45, 2.75) is 43.6 Å². The Morgan fingerprint density at radius 1 is 0.970 bits per heavy atom. The lowest BCUT2D eigenvalue weighted by molar-refractivity contribution is 0.214.